The molecule has 2 aromatic carbocycles. The fourth-order valence-corrected chi connectivity index (χ4v) is 4.44. The topological polar surface area (TPSA) is 92.8 Å². The van der Waals surface area contributed by atoms with Crippen molar-refractivity contribution in [3.63, 3.8) is 0 Å². The van der Waals surface area contributed by atoms with Gasteiger partial charge in [0.25, 0.3) is 5.91 Å². The van der Waals surface area contributed by atoms with Crippen LogP contribution < -0.4 is 5.32 Å². The monoisotopic (exact) mass is 420 g/mol. The molecule has 0 aromatic heterocycles. The van der Waals surface area contributed by atoms with Crippen LogP contribution in [0.25, 0.3) is 0 Å². The average Bonchev–Trinajstić information content (AvgIpc) is 3.25. The molecule has 0 unspecified atom stereocenters. The molecule has 1 aliphatic heterocycles. The molecule has 29 heavy (non-hydrogen) atoms. The highest BCUT2D eigenvalue weighted by Gasteiger charge is 2.27. The maximum absolute atomic E-state index is 13.6. The number of amides is 1. The molecule has 0 bridgehead atoms. The second kappa shape index (κ2) is 8.71. The van der Waals surface area contributed by atoms with Gasteiger partial charge >= 0.3 is 5.97 Å². The number of anilines is 1. The minimum Gasteiger partial charge on any atom is -0.449 e. The van der Waals surface area contributed by atoms with Gasteiger partial charge in [-0.1, -0.05) is 12.1 Å². The number of carbonyl (C=O) groups is 2. The van der Waals surface area contributed by atoms with Crippen LogP contribution >= 0.6 is 0 Å². The minimum absolute atomic E-state index is 0.0168. The van der Waals surface area contributed by atoms with Crippen molar-refractivity contribution in [1.82, 2.24) is 4.31 Å². The highest BCUT2D eigenvalue weighted by atomic mass is 32.2. The van der Waals surface area contributed by atoms with Gasteiger partial charge in [-0.25, -0.2) is 17.6 Å². The summed E-state index contributed by atoms with van der Waals surface area (Å²) in [5.74, 6) is -2.07. The quantitative estimate of drug-likeness (QED) is 0.726. The Balaban J connectivity index is 1.63. The fraction of sp³-hybridized carbons (Fsp3) is 0.300. The lowest BCUT2D eigenvalue weighted by Gasteiger charge is -2.16. The first-order chi connectivity index (χ1) is 13.8. The number of hydrogen-bond donors (Lipinski definition) is 1. The van der Waals surface area contributed by atoms with E-state index in [2.05, 4.69) is 5.32 Å². The Labute approximate surface area is 168 Å². The highest BCUT2D eigenvalue weighted by molar-refractivity contribution is 7.89. The number of ether oxygens (including phenoxy) is 1. The zero-order valence-corrected chi connectivity index (χ0v) is 16.6. The van der Waals surface area contributed by atoms with Gasteiger partial charge in [-0.3, -0.25) is 4.79 Å². The van der Waals surface area contributed by atoms with Gasteiger partial charge in [0.05, 0.1) is 16.1 Å². The molecule has 9 heteroatoms. The maximum Gasteiger partial charge on any atom is 0.338 e. The lowest BCUT2D eigenvalue weighted by atomic mass is 10.2. The van der Waals surface area contributed by atoms with Crippen molar-refractivity contribution in [3.8, 4) is 0 Å². The lowest BCUT2D eigenvalue weighted by molar-refractivity contribution is -0.123. The van der Waals surface area contributed by atoms with Crippen molar-refractivity contribution in [3.05, 3.63) is 59.9 Å². The molecule has 1 aliphatic rings. The largest absolute Gasteiger partial charge is 0.449 e. The number of nitrogens with one attached hydrogen (secondary N) is 1. The third-order valence-electron chi connectivity index (χ3n) is 4.58. The summed E-state index contributed by atoms with van der Waals surface area (Å²) in [6.07, 6.45) is 0.488. The Morgan fingerprint density at radius 1 is 1.07 bits per heavy atom. The third-order valence-corrected chi connectivity index (χ3v) is 6.49. The summed E-state index contributed by atoms with van der Waals surface area (Å²) in [7, 11) is -3.57. The number of benzene rings is 2. The predicted octanol–water partition coefficient (Wildman–Crippen LogP) is 2.79. The molecule has 1 saturated heterocycles. The van der Waals surface area contributed by atoms with Gasteiger partial charge in [-0.15, -0.1) is 0 Å². The summed E-state index contributed by atoms with van der Waals surface area (Å²) < 4.78 is 45.1. The van der Waals surface area contributed by atoms with Crippen LogP contribution in [0, 0.1) is 5.82 Å². The second-order valence-electron chi connectivity index (χ2n) is 6.65. The van der Waals surface area contributed by atoms with Crippen molar-refractivity contribution in [2.45, 2.75) is 30.8 Å². The third kappa shape index (κ3) is 4.80. The molecule has 2 aromatic rings. The number of sulfonamides is 1. The number of esters is 1. The van der Waals surface area contributed by atoms with Gasteiger partial charge in [0.2, 0.25) is 10.0 Å². The number of halogens is 1. The van der Waals surface area contributed by atoms with Gasteiger partial charge in [-0.2, -0.15) is 4.31 Å². The summed E-state index contributed by atoms with van der Waals surface area (Å²) in [5.41, 5.74) is 0.0905. The van der Waals surface area contributed by atoms with Gasteiger partial charge in [0.15, 0.2) is 6.10 Å². The van der Waals surface area contributed by atoms with Crippen LogP contribution in [0.4, 0.5) is 10.1 Å². The number of para-hydroxylation sites is 1. The van der Waals surface area contributed by atoms with Crippen LogP contribution in [0.2, 0.25) is 0 Å². The number of hydrogen-bond acceptors (Lipinski definition) is 5. The molecule has 1 heterocycles. The molecule has 0 aliphatic carbocycles. The van der Waals surface area contributed by atoms with Crippen molar-refractivity contribution in [1.29, 1.82) is 0 Å². The van der Waals surface area contributed by atoms with Gasteiger partial charge in [0.1, 0.15) is 5.82 Å². The van der Waals surface area contributed by atoms with Crippen molar-refractivity contribution in [2.24, 2.45) is 0 Å². The van der Waals surface area contributed by atoms with Gasteiger partial charge in [0, 0.05) is 13.1 Å². The molecular formula is C20H21FN2O5S. The van der Waals surface area contributed by atoms with E-state index in [0.717, 1.165) is 12.8 Å². The van der Waals surface area contributed by atoms with E-state index in [9.17, 15) is 22.4 Å². The van der Waals surface area contributed by atoms with E-state index in [1.807, 2.05) is 0 Å². The Morgan fingerprint density at radius 2 is 1.69 bits per heavy atom. The summed E-state index contributed by atoms with van der Waals surface area (Å²) in [6.45, 7) is 2.34. The maximum atomic E-state index is 13.6. The smallest absolute Gasteiger partial charge is 0.338 e. The van der Waals surface area contributed by atoms with Crippen LogP contribution in [0.3, 0.4) is 0 Å². The van der Waals surface area contributed by atoms with E-state index >= 15 is 0 Å². The summed E-state index contributed by atoms with van der Waals surface area (Å²) in [4.78, 5) is 24.5. The average molecular weight is 420 g/mol. The molecule has 1 fully saturated rings. The van der Waals surface area contributed by atoms with Gasteiger partial charge in [-0.05, 0) is 56.2 Å². The van der Waals surface area contributed by atoms with E-state index in [0.29, 0.717) is 13.1 Å². The first kappa shape index (κ1) is 20.9. The van der Waals surface area contributed by atoms with Crippen molar-refractivity contribution in [2.75, 3.05) is 18.4 Å². The number of carbonyl (C=O) groups excluding carboxylic acids is 2. The Bertz CT molecular complexity index is 1000. The Kier molecular flexibility index (Phi) is 6.29. The lowest BCUT2D eigenvalue weighted by Crippen LogP contribution is -2.30. The van der Waals surface area contributed by atoms with E-state index < -0.39 is 33.8 Å². The molecule has 3 rings (SSSR count). The van der Waals surface area contributed by atoms with Crippen LogP contribution in [0.5, 0.6) is 0 Å². The molecule has 154 valence electrons. The zero-order valence-electron chi connectivity index (χ0n) is 15.8. The molecule has 0 spiro atoms. The minimum atomic E-state index is -3.57. The second-order valence-corrected chi connectivity index (χ2v) is 8.59. The van der Waals surface area contributed by atoms with Crippen LogP contribution in [-0.4, -0.2) is 43.8 Å². The van der Waals surface area contributed by atoms with Crippen LogP contribution in [0.1, 0.15) is 30.1 Å². The summed E-state index contributed by atoms with van der Waals surface area (Å²) >= 11 is 0. The number of nitrogens with zero attached hydrogens (tertiary/aromatic N) is 1. The van der Waals surface area contributed by atoms with Crippen LogP contribution in [0.15, 0.2) is 53.4 Å². The van der Waals surface area contributed by atoms with E-state index in [1.54, 1.807) is 6.07 Å². The molecule has 1 amide bonds. The molecule has 0 radical (unpaired) electrons. The van der Waals surface area contributed by atoms with Crippen molar-refractivity contribution < 1.29 is 27.1 Å². The first-order valence-electron chi connectivity index (χ1n) is 9.15. The number of rotatable bonds is 6. The van der Waals surface area contributed by atoms with E-state index in [1.165, 1.54) is 53.7 Å². The predicted molar refractivity (Wildman–Crippen MR) is 104 cm³/mol. The molecule has 1 N–H and O–H groups in total. The SMILES string of the molecule is C[C@@H](OC(=O)c1ccc(S(=O)(=O)N2CCCC2)cc1)C(=O)Nc1ccccc1F. The van der Waals surface area contributed by atoms with Gasteiger partial charge < -0.3 is 10.1 Å². The molecule has 0 saturated carbocycles. The Morgan fingerprint density at radius 3 is 2.31 bits per heavy atom. The first-order valence-corrected chi connectivity index (χ1v) is 10.6. The van der Waals surface area contributed by atoms with Crippen LogP contribution in [-0.2, 0) is 19.6 Å². The van der Waals surface area contributed by atoms with E-state index in [-0.39, 0.29) is 16.1 Å². The standard InChI is InChI=1S/C20H21FN2O5S/c1-14(19(24)22-18-7-3-2-6-17(18)21)28-20(25)15-8-10-16(11-9-15)29(26,27)23-12-4-5-13-23/h2-3,6-11,14H,4-5,12-13H2,1H3,(H,22,24)/t14-/m1/s1. The highest BCUT2D eigenvalue weighted by Crippen LogP contribution is 2.21. The zero-order chi connectivity index (χ0) is 21.0. The molecular weight excluding hydrogens is 399 g/mol. The van der Waals surface area contributed by atoms with Crippen molar-refractivity contribution >= 4 is 27.6 Å². The summed E-state index contributed by atoms with van der Waals surface area (Å²) in [5, 5.41) is 2.35. The molecule has 7 nitrogen and oxygen atoms in total. The summed E-state index contributed by atoms with van der Waals surface area (Å²) in [6, 6.07) is 11.0. The Hall–Kier alpha value is -2.78. The normalized spacial score (nSPS) is 15.7. The molecule has 1 atom stereocenters. The fourth-order valence-electron chi connectivity index (χ4n) is 2.92. The van der Waals surface area contributed by atoms with E-state index in [4.69, 9.17) is 4.74 Å².